The molecule has 4 heteroatoms. The van der Waals surface area contributed by atoms with E-state index in [-0.39, 0.29) is 54.8 Å². The molecule has 0 aliphatic rings. The minimum absolute atomic E-state index is 0. The zero-order valence-electron chi connectivity index (χ0n) is 15.4. The molecule has 0 rings (SSSR count). The average molecular weight is 446 g/mol. The topological polar surface area (TPSA) is 52.9 Å². The van der Waals surface area contributed by atoms with E-state index in [2.05, 4.69) is 12.2 Å². The summed E-state index contributed by atoms with van der Waals surface area (Å²) in [5, 5.41) is 10.4. The van der Waals surface area contributed by atoms with Crippen LogP contribution in [0.5, 0.6) is 0 Å². The number of hydrogen-bond donors (Lipinski definition) is 1. The van der Waals surface area contributed by atoms with E-state index < -0.39 is 0 Å². The fourth-order valence-electron chi connectivity index (χ4n) is 2.78. The number of nitriles is 1. The van der Waals surface area contributed by atoms with Crippen LogP contribution in [-0.4, -0.2) is 54.8 Å². The van der Waals surface area contributed by atoms with Crippen molar-refractivity contribution in [3.63, 3.8) is 0 Å². The first kappa shape index (κ1) is 25.8. The first-order chi connectivity index (χ1) is 10.8. The maximum absolute atomic E-state index is 11.0. The summed E-state index contributed by atoms with van der Waals surface area (Å²) in [6, 6.07) is 0. The predicted molar refractivity (Wildman–Crippen MR) is 99.1 cm³/mol. The number of unbranched alkanes of at least 4 members (excludes halogenated alkanes) is 14. The summed E-state index contributed by atoms with van der Waals surface area (Å²) in [6.45, 7) is 2.27. The van der Waals surface area contributed by atoms with Crippen LogP contribution in [0.4, 0.5) is 0 Å². The fraction of sp³-hybridized carbons (Fsp3) is 0.895. The Balaban J connectivity index is 0. The largest absolute Gasteiger partial charge is 0.274 e. The number of nitrogens with one attached hydrogen (secondary N) is 1. The van der Waals surface area contributed by atoms with E-state index in [9.17, 15) is 4.79 Å². The quantitative estimate of drug-likeness (QED) is 0.148. The third-order valence-electron chi connectivity index (χ3n) is 4.20. The Bertz CT molecular complexity index is 290. The zero-order chi connectivity index (χ0) is 16.3. The molecular formula is C19H36BaN2O. The van der Waals surface area contributed by atoms with Gasteiger partial charge in [0.05, 0.1) is 0 Å². The van der Waals surface area contributed by atoms with Crippen LogP contribution in [0.3, 0.4) is 0 Å². The molecule has 0 heterocycles. The molecule has 0 unspecified atom stereocenters. The van der Waals surface area contributed by atoms with E-state index in [0.717, 1.165) is 12.8 Å². The molecule has 0 aliphatic carbocycles. The molecule has 0 fully saturated rings. The number of hydrogen-bond acceptors (Lipinski definition) is 2. The molecule has 2 radical (unpaired) electrons. The molecule has 1 amide bonds. The summed E-state index contributed by atoms with van der Waals surface area (Å²) < 4.78 is 0. The average Bonchev–Trinajstić information content (AvgIpc) is 2.51. The number of rotatable bonds is 16. The molecule has 0 spiro atoms. The molecule has 0 aromatic rings. The smallest absolute Gasteiger partial charge is 0.232 e. The minimum atomic E-state index is -0.141. The molecule has 1 N–H and O–H groups in total. The predicted octanol–water partition coefficient (Wildman–Crippen LogP) is 5.46. The molecule has 0 aromatic heterocycles. The molecular weight excluding hydrogens is 410 g/mol. The van der Waals surface area contributed by atoms with Crippen molar-refractivity contribution in [1.29, 1.82) is 5.26 Å². The SMILES string of the molecule is CCCCCCCCCCCCCCCCCC(=O)NC#N.[Ba]. The first-order valence-electron chi connectivity index (χ1n) is 9.49. The summed E-state index contributed by atoms with van der Waals surface area (Å²) >= 11 is 0. The molecule has 23 heavy (non-hydrogen) atoms. The van der Waals surface area contributed by atoms with Gasteiger partial charge in [-0.05, 0) is 6.42 Å². The molecule has 0 aliphatic heterocycles. The normalized spacial score (nSPS) is 9.91. The van der Waals surface area contributed by atoms with Crippen LogP contribution >= 0.6 is 0 Å². The number of nitrogens with zero attached hydrogens (tertiary/aromatic N) is 1. The maximum Gasteiger partial charge on any atom is 0.232 e. The second-order valence-electron chi connectivity index (χ2n) is 6.36. The van der Waals surface area contributed by atoms with E-state index in [4.69, 9.17) is 5.26 Å². The van der Waals surface area contributed by atoms with Crippen molar-refractivity contribution in [2.24, 2.45) is 0 Å². The van der Waals surface area contributed by atoms with E-state index >= 15 is 0 Å². The van der Waals surface area contributed by atoms with Crippen molar-refractivity contribution in [2.75, 3.05) is 0 Å². The summed E-state index contributed by atoms with van der Waals surface area (Å²) in [5.41, 5.74) is 0. The summed E-state index contributed by atoms with van der Waals surface area (Å²) in [4.78, 5) is 11.0. The maximum atomic E-state index is 11.0. The molecule has 0 saturated carbocycles. The summed E-state index contributed by atoms with van der Waals surface area (Å²) in [6.07, 6.45) is 22.1. The van der Waals surface area contributed by atoms with Crippen molar-refractivity contribution in [3.8, 4) is 6.19 Å². The summed E-state index contributed by atoms with van der Waals surface area (Å²) in [7, 11) is 0. The van der Waals surface area contributed by atoms with Crippen LogP contribution in [-0.2, 0) is 4.79 Å². The van der Waals surface area contributed by atoms with Crippen molar-refractivity contribution in [1.82, 2.24) is 5.32 Å². The first-order valence-corrected chi connectivity index (χ1v) is 9.49. The van der Waals surface area contributed by atoms with Crippen molar-refractivity contribution in [3.05, 3.63) is 0 Å². The fourth-order valence-corrected chi connectivity index (χ4v) is 2.78. The van der Waals surface area contributed by atoms with E-state index in [1.807, 2.05) is 0 Å². The van der Waals surface area contributed by atoms with Gasteiger partial charge >= 0.3 is 0 Å². The van der Waals surface area contributed by atoms with Crippen molar-refractivity contribution < 1.29 is 4.79 Å². The standard InChI is InChI=1S/C19H36N2O.Ba/c1-2-3-4-5-6-7-8-9-10-11-12-13-14-15-16-17-19(22)21-18-20;/h2-17H2,1H3,(H,21,22);. The van der Waals surface area contributed by atoms with Gasteiger partial charge in [-0.15, -0.1) is 0 Å². The molecule has 3 nitrogen and oxygen atoms in total. The Labute approximate surface area is 184 Å². The van der Waals surface area contributed by atoms with Gasteiger partial charge in [0, 0.05) is 55.3 Å². The van der Waals surface area contributed by atoms with Gasteiger partial charge in [-0.1, -0.05) is 96.8 Å². The van der Waals surface area contributed by atoms with Crippen LogP contribution in [0, 0.1) is 11.5 Å². The Morgan fingerprint density at radius 2 is 1.09 bits per heavy atom. The molecule has 0 bridgehead atoms. The van der Waals surface area contributed by atoms with Gasteiger partial charge in [0.1, 0.15) is 0 Å². The minimum Gasteiger partial charge on any atom is -0.274 e. The van der Waals surface area contributed by atoms with Gasteiger partial charge in [0.25, 0.3) is 0 Å². The third kappa shape index (κ3) is 22.5. The number of amides is 1. The van der Waals surface area contributed by atoms with E-state index in [1.165, 1.54) is 83.5 Å². The second kappa shape index (κ2) is 22.5. The zero-order valence-corrected chi connectivity index (χ0v) is 19.8. The molecule has 0 aromatic carbocycles. The van der Waals surface area contributed by atoms with Crippen LogP contribution in [0.2, 0.25) is 0 Å². The van der Waals surface area contributed by atoms with Crippen molar-refractivity contribution in [2.45, 2.75) is 110 Å². The Morgan fingerprint density at radius 1 is 0.739 bits per heavy atom. The summed E-state index contributed by atoms with van der Waals surface area (Å²) in [5.74, 6) is -0.141. The van der Waals surface area contributed by atoms with Crippen LogP contribution < -0.4 is 5.32 Å². The van der Waals surface area contributed by atoms with Gasteiger partial charge in [-0.25, -0.2) is 0 Å². The van der Waals surface area contributed by atoms with Gasteiger partial charge in [-0.2, -0.15) is 5.26 Å². The Morgan fingerprint density at radius 3 is 1.43 bits per heavy atom. The molecule has 130 valence electrons. The van der Waals surface area contributed by atoms with E-state index in [0.29, 0.717) is 6.42 Å². The number of carbonyl (C=O) groups excluding carboxylic acids is 1. The molecule has 0 saturated heterocycles. The van der Waals surface area contributed by atoms with Crippen molar-refractivity contribution >= 4 is 54.8 Å². The van der Waals surface area contributed by atoms with Gasteiger partial charge in [0.2, 0.25) is 5.91 Å². The monoisotopic (exact) mass is 446 g/mol. The second-order valence-corrected chi connectivity index (χ2v) is 6.36. The Hall–Kier alpha value is 0.531. The van der Waals surface area contributed by atoms with Gasteiger partial charge < -0.3 is 0 Å². The van der Waals surface area contributed by atoms with E-state index in [1.54, 1.807) is 6.19 Å². The van der Waals surface area contributed by atoms with Crippen LogP contribution in [0.15, 0.2) is 0 Å². The molecule has 0 atom stereocenters. The number of carbonyl (C=O) groups is 1. The van der Waals surface area contributed by atoms with Crippen LogP contribution in [0.1, 0.15) is 110 Å². The third-order valence-corrected chi connectivity index (χ3v) is 4.20. The van der Waals surface area contributed by atoms with Gasteiger partial charge in [-0.3, -0.25) is 10.1 Å². The Kier molecular flexibility index (Phi) is 25.2. The van der Waals surface area contributed by atoms with Gasteiger partial charge in [0.15, 0.2) is 6.19 Å². The van der Waals surface area contributed by atoms with Crippen LogP contribution in [0.25, 0.3) is 0 Å².